The Bertz CT molecular complexity index is 718. The van der Waals surface area contributed by atoms with Crippen molar-refractivity contribution in [3.05, 3.63) is 64.1 Å². The molecule has 1 aliphatic rings. The molecule has 0 fully saturated rings. The molecule has 102 valence electrons. The summed E-state index contributed by atoms with van der Waals surface area (Å²) in [6.07, 6.45) is 2.56. The van der Waals surface area contributed by atoms with E-state index in [0.717, 1.165) is 17.7 Å². The SMILES string of the molecule is Cc1ccn(CC(=O)N2CCc3ccccc32)c(=O)c1. The van der Waals surface area contributed by atoms with Gasteiger partial charge >= 0.3 is 0 Å². The van der Waals surface area contributed by atoms with Gasteiger partial charge in [0.05, 0.1) is 0 Å². The predicted molar refractivity (Wildman–Crippen MR) is 77.9 cm³/mol. The monoisotopic (exact) mass is 268 g/mol. The van der Waals surface area contributed by atoms with Crippen molar-refractivity contribution in [2.75, 3.05) is 11.4 Å². The lowest BCUT2D eigenvalue weighted by molar-refractivity contribution is -0.119. The molecule has 3 rings (SSSR count). The van der Waals surface area contributed by atoms with Crippen LogP contribution in [0.2, 0.25) is 0 Å². The largest absolute Gasteiger partial charge is 0.310 e. The lowest BCUT2D eigenvalue weighted by Crippen LogP contribution is -2.35. The number of amides is 1. The Labute approximate surface area is 117 Å². The number of carbonyl (C=O) groups excluding carboxylic acids is 1. The van der Waals surface area contributed by atoms with Gasteiger partial charge in [0.15, 0.2) is 0 Å². The normalized spacial score (nSPS) is 13.3. The Kier molecular flexibility index (Phi) is 3.14. The van der Waals surface area contributed by atoms with E-state index in [9.17, 15) is 9.59 Å². The van der Waals surface area contributed by atoms with Crippen LogP contribution in [0, 0.1) is 6.92 Å². The number of hydrogen-bond donors (Lipinski definition) is 0. The lowest BCUT2D eigenvalue weighted by Gasteiger charge is -2.18. The Hall–Kier alpha value is -2.36. The summed E-state index contributed by atoms with van der Waals surface area (Å²) >= 11 is 0. The van der Waals surface area contributed by atoms with Gasteiger partial charge in [0.2, 0.25) is 5.91 Å². The molecule has 1 aromatic heterocycles. The molecular weight excluding hydrogens is 252 g/mol. The zero-order valence-corrected chi connectivity index (χ0v) is 11.4. The molecule has 2 aromatic rings. The summed E-state index contributed by atoms with van der Waals surface area (Å²) in [7, 11) is 0. The van der Waals surface area contributed by atoms with Crippen molar-refractivity contribution in [2.24, 2.45) is 0 Å². The van der Waals surface area contributed by atoms with Crippen LogP contribution in [0.3, 0.4) is 0 Å². The van der Waals surface area contributed by atoms with Crippen LogP contribution in [0.15, 0.2) is 47.4 Å². The highest BCUT2D eigenvalue weighted by molar-refractivity contribution is 5.95. The molecule has 0 saturated carbocycles. The standard InChI is InChI=1S/C16H16N2O2/c1-12-6-8-17(15(19)10-12)11-16(20)18-9-7-13-4-2-3-5-14(13)18/h2-6,8,10H,7,9,11H2,1H3. The van der Waals surface area contributed by atoms with E-state index in [4.69, 9.17) is 0 Å². The van der Waals surface area contributed by atoms with Crippen molar-refractivity contribution in [1.29, 1.82) is 0 Å². The fourth-order valence-corrected chi connectivity index (χ4v) is 2.57. The molecule has 1 aromatic carbocycles. The maximum absolute atomic E-state index is 12.4. The van der Waals surface area contributed by atoms with Gasteiger partial charge in [-0.3, -0.25) is 9.59 Å². The summed E-state index contributed by atoms with van der Waals surface area (Å²) in [6.45, 7) is 2.65. The molecule has 20 heavy (non-hydrogen) atoms. The van der Waals surface area contributed by atoms with Crippen molar-refractivity contribution in [3.63, 3.8) is 0 Å². The summed E-state index contributed by atoms with van der Waals surface area (Å²) in [5.41, 5.74) is 2.94. The Balaban J connectivity index is 1.83. The summed E-state index contributed by atoms with van der Waals surface area (Å²) in [6, 6.07) is 11.3. The number of rotatable bonds is 2. The van der Waals surface area contributed by atoms with Crippen LogP contribution < -0.4 is 10.5 Å². The number of para-hydroxylation sites is 1. The van der Waals surface area contributed by atoms with Gasteiger partial charge in [0.25, 0.3) is 5.56 Å². The molecule has 0 aliphatic carbocycles. The van der Waals surface area contributed by atoms with Crippen LogP contribution >= 0.6 is 0 Å². The molecule has 1 amide bonds. The minimum absolute atomic E-state index is 0.0408. The Morgan fingerprint density at radius 2 is 2.05 bits per heavy atom. The maximum Gasteiger partial charge on any atom is 0.251 e. The third-order valence-electron chi connectivity index (χ3n) is 3.65. The second-order valence-electron chi connectivity index (χ2n) is 5.09. The second-order valence-corrected chi connectivity index (χ2v) is 5.09. The van der Waals surface area contributed by atoms with E-state index in [2.05, 4.69) is 0 Å². The minimum atomic E-state index is -0.133. The molecule has 0 radical (unpaired) electrons. The molecule has 0 atom stereocenters. The third kappa shape index (κ3) is 2.25. The predicted octanol–water partition coefficient (Wildman–Crippen LogP) is 1.75. The Morgan fingerprint density at radius 1 is 1.25 bits per heavy atom. The third-order valence-corrected chi connectivity index (χ3v) is 3.65. The summed E-state index contributed by atoms with van der Waals surface area (Å²) in [4.78, 5) is 26.0. The van der Waals surface area contributed by atoms with Gasteiger partial charge in [-0.05, 0) is 36.6 Å². The molecule has 0 bridgehead atoms. The van der Waals surface area contributed by atoms with Crippen molar-refractivity contribution in [3.8, 4) is 0 Å². The fourth-order valence-electron chi connectivity index (χ4n) is 2.57. The maximum atomic E-state index is 12.4. The first kappa shape index (κ1) is 12.7. The van der Waals surface area contributed by atoms with Gasteiger partial charge in [-0.15, -0.1) is 0 Å². The van der Waals surface area contributed by atoms with Gasteiger partial charge in [0.1, 0.15) is 6.54 Å². The number of nitrogens with zero attached hydrogens (tertiary/aromatic N) is 2. The number of benzene rings is 1. The molecule has 0 saturated heterocycles. The topological polar surface area (TPSA) is 42.3 Å². The van der Waals surface area contributed by atoms with Crippen molar-refractivity contribution >= 4 is 11.6 Å². The molecular formula is C16H16N2O2. The van der Waals surface area contributed by atoms with E-state index >= 15 is 0 Å². The molecule has 0 spiro atoms. The highest BCUT2D eigenvalue weighted by Gasteiger charge is 2.24. The van der Waals surface area contributed by atoms with Gasteiger partial charge in [-0.1, -0.05) is 18.2 Å². The number of carbonyl (C=O) groups is 1. The Morgan fingerprint density at radius 3 is 2.85 bits per heavy atom. The highest BCUT2D eigenvalue weighted by Crippen LogP contribution is 2.27. The summed E-state index contributed by atoms with van der Waals surface area (Å²) < 4.78 is 1.45. The van der Waals surface area contributed by atoms with Crippen molar-refractivity contribution < 1.29 is 4.79 Å². The van der Waals surface area contributed by atoms with Gasteiger partial charge in [0, 0.05) is 24.5 Å². The first-order chi connectivity index (χ1) is 9.65. The second kappa shape index (κ2) is 4.96. The van der Waals surface area contributed by atoms with Crippen LogP contribution in [0.5, 0.6) is 0 Å². The first-order valence-corrected chi connectivity index (χ1v) is 6.70. The number of aryl methyl sites for hydroxylation is 1. The van der Waals surface area contributed by atoms with Gasteiger partial charge in [-0.2, -0.15) is 0 Å². The lowest BCUT2D eigenvalue weighted by atomic mass is 10.2. The van der Waals surface area contributed by atoms with E-state index < -0.39 is 0 Å². The van der Waals surface area contributed by atoms with Crippen molar-refractivity contribution in [2.45, 2.75) is 19.9 Å². The summed E-state index contributed by atoms with van der Waals surface area (Å²) in [5.74, 6) is -0.0408. The van der Waals surface area contributed by atoms with Crippen LogP contribution in [0.25, 0.3) is 0 Å². The molecule has 2 heterocycles. The molecule has 0 unspecified atom stereocenters. The summed E-state index contributed by atoms with van der Waals surface area (Å²) in [5, 5.41) is 0. The zero-order chi connectivity index (χ0) is 14.1. The molecule has 4 heteroatoms. The highest BCUT2D eigenvalue weighted by atomic mass is 16.2. The van der Waals surface area contributed by atoms with Crippen LogP contribution in [-0.2, 0) is 17.8 Å². The number of hydrogen-bond acceptors (Lipinski definition) is 2. The number of fused-ring (bicyclic) bond motifs is 1. The average molecular weight is 268 g/mol. The van der Waals surface area contributed by atoms with E-state index in [0.29, 0.717) is 6.54 Å². The van der Waals surface area contributed by atoms with Crippen LogP contribution in [-0.4, -0.2) is 17.0 Å². The van der Waals surface area contributed by atoms with Crippen LogP contribution in [0.4, 0.5) is 5.69 Å². The number of anilines is 1. The first-order valence-electron chi connectivity index (χ1n) is 6.70. The zero-order valence-electron chi connectivity index (χ0n) is 11.4. The van der Waals surface area contributed by atoms with Crippen molar-refractivity contribution in [1.82, 2.24) is 4.57 Å². The quantitative estimate of drug-likeness (QED) is 0.832. The van der Waals surface area contributed by atoms with E-state index in [1.54, 1.807) is 17.2 Å². The van der Waals surface area contributed by atoms with Crippen LogP contribution in [0.1, 0.15) is 11.1 Å². The molecule has 4 nitrogen and oxygen atoms in total. The fraction of sp³-hybridized carbons (Fsp3) is 0.250. The minimum Gasteiger partial charge on any atom is -0.310 e. The van der Waals surface area contributed by atoms with E-state index in [-0.39, 0.29) is 18.0 Å². The number of pyridine rings is 1. The number of aromatic nitrogens is 1. The molecule has 0 N–H and O–H groups in total. The average Bonchev–Trinajstić information content (AvgIpc) is 2.86. The van der Waals surface area contributed by atoms with E-state index in [1.165, 1.54) is 10.1 Å². The van der Waals surface area contributed by atoms with E-state index in [1.807, 2.05) is 37.3 Å². The van der Waals surface area contributed by atoms with Gasteiger partial charge < -0.3 is 9.47 Å². The molecule has 1 aliphatic heterocycles. The smallest absolute Gasteiger partial charge is 0.251 e. The van der Waals surface area contributed by atoms with Gasteiger partial charge in [-0.25, -0.2) is 0 Å².